The van der Waals surface area contributed by atoms with Crippen LogP contribution in [0.4, 0.5) is 0 Å². The molecule has 1 N–H and O–H groups in total. The van der Waals surface area contributed by atoms with Crippen LogP contribution >= 0.6 is 15.9 Å². The van der Waals surface area contributed by atoms with Crippen molar-refractivity contribution in [1.29, 1.82) is 0 Å². The number of ether oxygens (including phenoxy) is 2. The summed E-state index contributed by atoms with van der Waals surface area (Å²) in [5, 5.41) is 9.59. The van der Waals surface area contributed by atoms with Crippen LogP contribution in [0.2, 0.25) is 0 Å². The van der Waals surface area contributed by atoms with Crippen LogP contribution in [-0.2, 0) is 10.2 Å². The summed E-state index contributed by atoms with van der Waals surface area (Å²) in [4.78, 5) is 11.7. The molecular formula is C16H19BrO4. The van der Waals surface area contributed by atoms with E-state index in [0.29, 0.717) is 36.9 Å². The lowest BCUT2D eigenvalue weighted by Gasteiger charge is -2.38. The van der Waals surface area contributed by atoms with Crippen LogP contribution in [0.5, 0.6) is 11.5 Å². The Labute approximate surface area is 132 Å². The summed E-state index contributed by atoms with van der Waals surface area (Å²) < 4.78 is 12.0. The second-order valence-electron chi connectivity index (χ2n) is 5.98. The lowest BCUT2D eigenvalue weighted by atomic mass is 9.64. The predicted molar refractivity (Wildman–Crippen MR) is 82.1 cm³/mol. The number of hydrogen-bond donors (Lipinski definition) is 1. The first-order valence-electron chi connectivity index (χ1n) is 7.31. The Morgan fingerprint density at radius 3 is 2.62 bits per heavy atom. The van der Waals surface area contributed by atoms with Crippen molar-refractivity contribution in [2.24, 2.45) is 5.92 Å². The molecule has 1 aromatic rings. The first-order valence-corrected chi connectivity index (χ1v) is 8.10. The maximum Gasteiger partial charge on any atom is 0.314 e. The van der Waals surface area contributed by atoms with Crippen molar-refractivity contribution in [2.75, 3.05) is 13.7 Å². The molecule has 4 nitrogen and oxygen atoms in total. The predicted octanol–water partition coefficient (Wildman–Crippen LogP) is 3.75. The van der Waals surface area contributed by atoms with Gasteiger partial charge < -0.3 is 14.6 Å². The minimum atomic E-state index is -0.757. The molecule has 0 spiro atoms. The molecule has 0 aliphatic heterocycles. The Kier molecular flexibility index (Phi) is 3.86. The topological polar surface area (TPSA) is 55.8 Å². The largest absolute Gasteiger partial charge is 0.492 e. The van der Waals surface area contributed by atoms with Crippen LogP contribution in [0.15, 0.2) is 16.6 Å². The van der Waals surface area contributed by atoms with E-state index in [4.69, 9.17) is 9.47 Å². The van der Waals surface area contributed by atoms with Gasteiger partial charge in [-0.2, -0.15) is 0 Å². The lowest BCUT2D eigenvalue weighted by Crippen LogP contribution is -2.42. The number of hydrogen-bond acceptors (Lipinski definition) is 3. The smallest absolute Gasteiger partial charge is 0.314 e. The fourth-order valence-corrected chi connectivity index (χ4v) is 3.40. The first kappa shape index (κ1) is 14.7. The van der Waals surface area contributed by atoms with E-state index >= 15 is 0 Å². The molecular weight excluding hydrogens is 336 g/mol. The molecule has 2 fully saturated rings. The third-order valence-electron chi connectivity index (χ3n) is 4.55. The number of benzene rings is 1. The molecule has 21 heavy (non-hydrogen) atoms. The Bertz CT molecular complexity index is 562. The molecule has 0 bridgehead atoms. The standard InChI is InChI=1S/C16H19BrO4/c1-20-14-12(17)7-11(16(15(18)19)5-2-6-16)8-13(14)21-9-10-3-4-10/h7-8,10H,2-6,9H2,1H3,(H,18,19). The summed E-state index contributed by atoms with van der Waals surface area (Å²) in [5.74, 6) is 1.16. The van der Waals surface area contributed by atoms with Crippen LogP contribution in [0.1, 0.15) is 37.7 Å². The Balaban J connectivity index is 1.95. The van der Waals surface area contributed by atoms with Gasteiger partial charge in [-0.15, -0.1) is 0 Å². The van der Waals surface area contributed by atoms with Gasteiger partial charge in [0.1, 0.15) is 0 Å². The summed E-state index contributed by atoms with van der Waals surface area (Å²) in [6, 6.07) is 3.70. The molecule has 5 heteroatoms. The molecule has 0 amide bonds. The molecule has 1 aromatic carbocycles. The minimum absolute atomic E-state index is 0.634. The van der Waals surface area contributed by atoms with Gasteiger partial charge in [0.05, 0.1) is 23.6 Å². The number of carbonyl (C=O) groups is 1. The van der Waals surface area contributed by atoms with E-state index in [1.54, 1.807) is 7.11 Å². The van der Waals surface area contributed by atoms with Gasteiger partial charge in [0.15, 0.2) is 11.5 Å². The van der Waals surface area contributed by atoms with Gasteiger partial charge in [0, 0.05) is 0 Å². The molecule has 3 rings (SSSR count). The van der Waals surface area contributed by atoms with Gasteiger partial charge in [-0.1, -0.05) is 6.42 Å². The highest BCUT2D eigenvalue weighted by molar-refractivity contribution is 9.10. The number of rotatable bonds is 6. The van der Waals surface area contributed by atoms with Crippen molar-refractivity contribution in [3.05, 3.63) is 22.2 Å². The molecule has 0 heterocycles. The number of halogens is 1. The van der Waals surface area contributed by atoms with E-state index in [1.807, 2.05) is 12.1 Å². The molecule has 2 saturated carbocycles. The Morgan fingerprint density at radius 2 is 2.14 bits per heavy atom. The molecule has 2 aliphatic rings. The summed E-state index contributed by atoms with van der Waals surface area (Å²) in [6.07, 6.45) is 4.74. The third-order valence-corrected chi connectivity index (χ3v) is 5.14. The van der Waals surface area contributed by atoms with E-state index in [1.165, 1.54) is 12.8 Å². The van der Waals surface area contributed by atoms with Gasteiger partial charge in [-0.25, -0.2) is 0 Å². The zero-order chi connectivity index (χ0) is 15.0. The van der Waals surface area contributed by atoms with Crippen molar-refractivity contribution in [1.82, 2.24) is 0 Å². The van der Waals surface area contributed by atoms with Crippen molar-refractivity contribution >= 4 is 21.9 Å². The van der Waals surface area contributed by atoms with E-state index in [0.717, 1.165) is 16.5 Å². The number of methoxy groups -OCH3 is 1. The normalized spacial score (nSPS) is 19.7. The van der Waals surface area contributed by atoms with Crippen LogP contribution in [0.25, 0.3) is 0 Å². The number of carboxylic acids is 1. The van der Waals surface area contributed by atoms with Crippen molar-refractivity contribution in [3.63, 3.8) is 0 Å². The highest BCUT2D eigenvalue weighted by Crippen LogP contribution is 2.48. The maximum atomic E-state index is 11.7. The average Bonchev–Trinajstić information content (AvgIpc) is 3.18. The Hall–Kier alpha value is -1.23. The molecule has 0 saturated heterocycles. The zero-order valence-electron chi connectivity index (χ0n) is 12.0. The molecule has 0 unspecified atom stereocenters. The lowest BCUT2D eigenvalue weighted by molar-refractivity contribution is -0.147. The zero-order valence-corrected chi connectivity index (χ0v) is 13.6. The monoisotopic (exact) mass is 354 g/mol. The molecule has 0 atom stereocenters. The highest BCUT2D eigenvalue weighted by atomic mass is 79.9. The quantitative estimate of drug-likeness (QED) is 0.844. The molecule has 114 valence electrons. The van der Waals surface area contributed by atoms with Gasteiger partial charge in [-0.3, -0.25) is 4.79 Å². The number of aliphatic carboxylic acids is 1. The maximum absolute atomic E-state index is 11.7. The summed E-state index contributed by atoms with van der Waals surface area (Å²) >= 11 is 3.48. The first-order chi connectivity index (χ1) is 10.1. The Morgan fingerprint density at radius 1 is 1.43 bits per heavy atom. The minimum Gasteiger partial charge on any atom is -0.492 e. The second kappa shape index (κ2) is 5.52. The van der Waals surface area contributed by atoms with Gasteiger partial charge in [0.2, 0.25) is 0 Å². The van der Waals surface area contributed by atoms with Gasteiger partial charge >= 0.3 is 5.97 Å². The van der Waals surface area contributed by atoms with Crippen LogP contribution < -0.4 is 9.47 Å². The fraction of sp³-hybridized carbons (Fsp3) is 0.562. The summed E-state index contributed by atoms with van der Waals surface area (Å²) in [5.41, 5.74) is 0.0478. The van der Waals surface area contributed by atoms with Crippen molar-refractivity contribution in [3.8, 4) is 11.5 Å². The fourth-order valence-electron chi connectivity index (χ4n) is 2.80. The SMILES string of the molecule is COc1c(Br)cc(C2(C(=O)O)CCC2)cc1OCC1CC1. The summed E-state index contributed by atoms with van der Waals surface area (Å²) in [7, 11) is 1.60. The number of carboxylic acid groups (broad SMARTS) is 1. The van der Waals surface area contributed by atoms with Crippen molar-refractivity contribution < 1.29 is 19.4 Å². The van der Waals surface area contributed by atoms with Crippen molar-refractivity contribution in [2.45, 2.75) is 37.5 Å². The van der Waals surface area contributed by atoms with E-state index in [-0.39, 0.29) is 0 Å². The molecule has 0 radical (unpaired) electrons. The van der Waals surface area contributed by atoms with Crippen LogP contribution in [-0.4, -0.2) is 24.8 Å². The van der Waals surface area contributed by atoms with Crippen LogP contribution in [0.3, 0.4) is 0 Å². The highest BCUT2D eigenvalue weighted by Gasteiger charge is 2.46. The van der Waals surface area contributed by atoms with Gasteiger partial charge in [-0.05, 0) is 65.2 Å². The molecule has 2 aliphatic carbocycles. The van der Waals surface area contributed by atoms with E-state index in [9.17, 15) is 9.90 Å². The molecule has 0 aromatic heterocycles. The third kappa shape index (κ3) is 2.63. The average molecular weight is 355 g/mol. The summed E-state index contributed by atoms with van der Waals surface area (Å²) in [6.45, 7) is 0.673. The van der Waals surface area contributed by atoms with Crippen LogP contribution in [0, 0.1) is 5.92 Å². The van der Waals surface area contributed by atoms with E-state index < -0.39 is 11.4 Å². The van der Waals surface area contributed by atoms with Gasteiger partial charge in [0.25, 0.3) is 0 Å². The van der Waals surface area contributed by atoms with E-state index in [2.05, 4.69) is 15.9 Å². The second-order valence-corrected chi connectivity index (χ2v) is 6.84.